The molecule has 0 unspecified atom stereocenters. The Labute approximate surface area is 107 Å². The fraction of sp³-hybridized carbons (Fsp3) is 0.0833. The summed E-state index contributed by atoms with van der Waals surface area (Å²) in [5.41, 5.74) is 5.41. The molecular weight excluding hydrogens is 260 g/mol. The Balaban J connectivity index is 2.20. The molecule has 0 aliphatic heterocycles. The average molecular weight is 269 g/mol. The number of rotatable bonds is 4. The van der Waals surface area contributed by atoms with E-state index >= 15 is 0 Å². The largest absolute Gasteiger partial charge is 0.480 e. The fourth-order valence-corrected chi connectivity index (χ4v) is 1.50. The van der Waals surface area contributed by atoms with Crippen LogP contribution in [0.15, 0.2) is 34.9 Å². The van der Waals surface area contributed by atoms with Crippen molar-refractivity contribution < 1.29 is 17.9 Å². The maximum absolute atomic E-state index is 13.6. The molecule has 18 heavy (non-hydrogen) atoms. The van der Waals surface area contributed by atoms with Crippen LogP contribution < -0.4 is 10.5 Å². The molecule has 2 rings (SSSR count). The van der Waals surface area contributed by atoms with Crippen LogP contribution in [-0.4, -0.2) is 4.99 Å². The van der Waals surface area contributed by atoms with E-state index in [-0.39, 0.29) is 17.2 Å². The van der Waals surface area contributed by atoms with Crippen molar-refractivity contribution in [1.82, 2.24) is 0 Å². The zero-order chi connectivity index (χ0) is 13.1. The molecule has 0 aliphatic rings. The van der Waals surface area contributed by atoms with Crippen LogP contribution in [0.3, 0.4) is 0 Å². The van der Waals surface area contributed by atoms with Gasteiger partial charge in [-0.3, -0.25) is 0 Å². The molecule has 2 aromatic rings. The molecule has 1 heterocycles. The summed E-state index contributed by atoms with van der Waals surface area (Å²) in [6.07, 6.45) is 1.45. The fourth-order valence-electron chi connectivity index (χ4n) is 1.38. The second-order valence-corrected chi connectivity index (χ2v) is 3.94. The lowest BCUT2D eigenvalue weighted by Gasteiger charge is -2.08. The van der Waals surface area contributed by atoms with E-state index in [2.05, 4.69) is 12.2 Å². The van der Waals surface area contributed by atoms with Crippen molar-refractivity contribution in [3.63, 3.8) is 0 Å². The minimum Gasteiger partial charge on any atom is -0.480 e. The first-order valence-electron chi connectivity index (χ1n) is 5.02. The number of hydrogen-bond donors (Lipinski definition) is 1. The molecule has 0 amide bonds. The second kappa shape index (κ2) is 5.14. The molecule has 0 bridgehead atoms. The zero-order valence-corrected chi connectivity index (χ0v) is 9.97. The molecule has 0 aliphatic carbocycles. The molecule has 1 aromatic heterocycles. The standard InChI is InChI=1S/C12H9F2NO2S/c13-9-4-7(12(15)18)5-10(14)11(9)17-6-8-2-1-3-16-8/h1-5H,6H2,(H2,15,18). The summed E-state index contributed by atoms with van der Waals surface area (Å²) in [5, 5.41) is 0. The van der Waals surface area contributed by atoms with Gasteiger partial charge < -0.3 is 14.9 Å². The quantitative estimate of drug-likeness (QED) is 0.867. The predicted molar refractivity (Wildman–Crippen MR) is 65.3 cm³/mol. The van der Waals surface area contributed by atoms with E-state index in [1.807, 2.05) is 0 Å². The monoisotopic (exact) mass is 269 g/mol. The highest BCUT2D eigenvalue weighted by Crippen LogP contribution is 2.24. The second-order valence-electron chi connectivity index (χ2n) is 3.50. The highest BCUT2D eigenvalue weighted by Gasteiger charge is 2.14. The number of halogens is 2. The predicted octanol–water partition coefficient (Wildman–Crippen LogP) is 2.77. The Morgan fingerprint density at radius 1 is 1.33 bits per heavy atom. The van der Waals surface area contributed by atoms with Crippen LogP contribution >= 0.6 is 12.2 Å². The molecular formula is C12H9F2NO2S. The van der Waals surface area contributed by atoms with E-state index in [9.17, 15) is 8.78 Å². The Bertz CT molecular complexity index is 546. The first kappa shape index (κ1) is 12.5. The van der Waals surface area contributed by atoms with E-state index in [4.69, 9.17) is 14.9 Å². The van der Waals surface area contributed by atoms with Gasteiger partial charge in [0.1, 0.15) is 17.4 Å². The molecule has 0 saturated heterocycles. The Kier molecular flexibility index (Phi) is 3.57. The van der Waals surface area contributed by atoms with Gasteiger partial charge in [0.05, 0.1) is 6.26 Å². The minimum atomic E-state index is -0.857. The van der Waals surface area contributed by atoms with Crippen LogP contribution in [-0.2, 0) is 6.61 Å². The lowest BCUT2D eigenvalue weighted by Crippen LogP contribution is -2.11. The van der Waals surface area contributed by atoms with E-state index in [0.717, 1.165) is 12.1 Å². The first-order chi connectivity index (χ1) is 8.58. The lowest BCUT2D eigenvalue weighted by molar-refractivity contribution is 0.246. The third kappa shape index (κ3) is 2.65. The van der Waals surface area contributed by atoms with Crippen LogP contribution in [0.25, 0.3) is 0 Å². The number of furan rings is 1. The van der Waals surface area contributed by atoms with Crippen LogP contribution in [0.4, 0.5) is 8.78 Å². The molecule has 0 atom stereocenters. The Morgan fingerprint density at radius 3 is 2.50 bits per heavy atom. The van der Waals surface area contributed by atoms with Crippen LogP contribution in [0, 0.1) is 11.6 Å². The van der Waals surface area contributed by atoms with Crippen molar-refractivity contribution in [2.45, 2.75) is 6.61 Å². The molecule has 0 radical (unpaired) electrons. The summed E-state index contributed by atoms with van der Waals surface area (Å²) in [7, 11) is 0. The van der Waals surface area contributed by atoms with Gasteiger partial charge in [-0.05, 0) is 24.3 Å². The van der Waals surface area contributed by atoms with Crippen molar-refractivity contribution in [2.75, 3.05) is 0 Å². The summed E-state index contributed by atoms with van der Waals surface area (Å²) in [5.74, 6) is -1.73. The summed E-state index contributed by atoms with van der Waals surface area (Å²) in [6, 6.07) is 5.35. The first-order valence-corrected chi connectivity index (χ1v) is 5.43. The lowest BCUT2D eigenvalue weighted by atomic mass is 10.2. The molecule has 0 spiro atoms. The molecule has 6 heteroatoms. The van der Waals surface area contributed by atoms with Crippen molar-refractivity contribution in [1.29, 1.82) is 0 Å². The van der Waals surface area contributed by atoms with Gasteiger partial charge in [0.25, 0.3) is 0 Å². The van der Waals surface area contributed by atoms with Gasteiger partial charge >= 0.3 is 0 Å². The van der Waals surface area contributed by atoms with Crippen molar-refractivity contribution in [3.8, 4) is 5.75 Å². The van der Waals surface area contributed by atoms with Crippen LogP contribution in [0.5, 0.6) is 5.75 Å². The van der Waals surface area contributed by atoms with Gasteiger partial charge in [-0.15, -0.1) is 0 Å². The van der Waals surface area contributed by atoms with Gasteiger partial charge in [0, 0.05) is 5.56 Å². The normalized spacial score (nSPS) is 10.3. The maximum atomic E-state index is 13.6. The summed E-state index contributed by atoms with van der Waals surface area (Å²) in [4.78, 5) is -0.0783. The van der Waals surface area contributed by atoms with Gasteiger partial charge in [-0.1, -0.05) is 12.2 Å². The molecule has 2 N–H and O–H groups in total. The smallest absolute Gasteiger partial charge is 0.191 e. The molecule has 3 nitrogen and oxygen atoms in total. The number of ether oxygens (including phenoxy) is 1. The highest BCUT2D eigenvalue weighted by molar-refractivity contribution is 7.80. The number of nitrogens with two attached hydrogens (primary N) is 1. The van der Waals surface area contributed by atoms with Crippen LogP contribution in [0.1, 0.15) is 11.3 Å². The number of benzene rings is 1. The van der Waals surface area contributed by atoms with E-state index in [0.29, 0.717) is 5.76 Å². The zero-order valence-electron chi connectivity index (χ0n) is 9.15. The SMILES string of the molecule is NC(=S)c1cc(F)c(OCc2ccco2)c(F)c1. The van der Waals surface area contributed by atoms with Gasteiger partial charge in [-0.25, -0.2) is 8.78 Å². The maximum Gasteiger partial charge on any atom is 0.191 e. The van der Waals surface area contributed by atoms with Crippen molar-refractivity contribution in [3.05, 3.63) is 53.5 Å². The van der Waals surface area contributed by atoms with Crippen molar-refractivity contribution >= 4 is 17.2 Å². The van der Waals surface area contributed by atoms with Gasteiger partial charge in [0.15, 0.2) is 17.4 Å². The number of hydrogen-bond acceptors (Lipinski definition) is 3. The average Bonchev–Trinajstić information content (AvgIpc) is 2.80. The van der Waals surface area contributed by atoms with E-state index < -0.39 is 17.4 Å². The Morgan fingerprint density at radius 2 is 2.00 bits per heavy atom. The topological polar surface area (TPSA) is 48.4 Å². The molecule has 94 valence electrons. The van der Waals surface area contributed by atoms with Crippen LogP contribution in [0.2, 0.25) is 0 Å². The summed E-state index contributed by atoms with van der Waals surface area (Å²) in [6.45, 7) is -0.0622. The van der Waals surface area contributed by atoms with Gasteiger partial charge in [0.2, 0.25) is 0 Å². The molecule has 0 fully saturated rings. The number of thiocarbonyl (C=S) groups is 1. The van der Waals surface area contributed by atoms with E-state index in [1.165, 1.54) is 6.26 Å². The molecule has 1 aromatic carbocycles. The third-order valence-electron chi connectivity index (χ3n) is 2.22. The molecule has 0 saturated carbocycles. The third-order valence-corrected chi connectivity index (χ3v) is 2.46. The Hall–Kier alpha value is -1.95. The van der Waals surface area contributed by atoms with Gasteiger partial charge in [-0.2, -0.15) is 0 Å². The highest BCUT2D eigenvalue weighted by atomic mass is 32.1. The van der Waals surface area contributed by atoms with Crippen molar-refractivity contribution in [2.24, 2.45) is 5.73 Å². The summed E-state index contributed by atoms with van der Waals surface area (Å²) < 4.78 is 37.2. The summed E-state index contributed by atoms with van der Waals surface area (Å²) >= 11 is 4.64. The minimum absolute atomic E-state index is 0.0622. The van der Waals surface area contributed by atoms with E-state index in [1.54, 1.807) is 12.1 Å².